The van der Waals surface area contributed by atoms with E-state index in [-0.39, 0.29) is 11.2 Å². The summed E-state index contributed by atoms with van der Waals surface area (Å²) in [5.74, 6) is 1.95. The first-order valence-corrected chi connectivity index (χ1v) is 7.75. The molecule has 0 saturated carbocycles. The summed E-state index contributed by atoms with van der Waals surface area (Å²) < 4.78 is 5.26. The van der Waals surface area contributed by atoms with E-state index in [0.29, 0.717) is 6.54 Å². The van der Waals surface area contributed by atoms with E-state index in [4.69, 9.17) is 4.74 Å². The van der Waals surface area contributed by atoms with Gasteiger partial charge in [0.25, 0.3) is 0 Å². The zero-order chi connectivity index (χ0) is 14.1. The predicted octanol–water partition coefficient (Wildman–Crippen LogP) is 3.23. The third kappa shape index (κ3) is 5.55. The molecule has 1 rings (SSSR count). The maximum atomic E-state index is 11.9. The Hall–Kier alpha value is -1.16. The number of unbranched alkanes of at least 4 members (excludes halogenated alkanes) is 1. The second-order valence-corrected chi connectivity index (χ2v) is 5.84. The van der Waals surface area contributed by atoms with Crippen LogP contribution in [0.5, 0.6) is 5.75 Å². The van der Waals surface area contributed by atoms with Gasteiger partial charge in [-0.3, -0.25) is 4.79 Å². The van der Waals surface area contributed by atoms with Crippen LogP contribution in [-0.2, 0) is 11.3 Å². The number of para-hydroxylation sites is 1. The number of amides is 1. The van der Waals surface area contributed by atoms with Gasteiger partial charge in [0.05, 0.1) is 12.4 Å². The number of hydrogen-bond donors (Lipinski definition) is 1. The first-order valence-electron chi connectivity index (χ1n) is 6.70. The lowest BCUT2D eigenvalue weighted by atomic mass is 10.2. The van der Waals surface area contributed by atoms with Crippen molar-refractivity contribution in [2.24, 2.45) is 0 Å². The minimum atomic E-state index is 0.00116. The molecular formula is C15H23NO2S. The number of hydrogen-bond acceptors (Lipinski definition) is 3. The van der Waals surface area contributed by atoms with E-state index in [0.717, 1.165) is 23.5 Å². The normalized spacial score (nSPS) is 11.9. The summed E-state index contributed by atoms with van der Waals surface area (Å²) in [6, 6.07) is 7.74. The molecule has 1 N–H and O–H groups in total. The fourth-order valence-corrected chi connectivity index (χ4v) is 2.70. The van der Waals surface area contributed by atoms with Gasteiger partial charge in [0.1, 0.15) is 5.75 Å². The largest absolute Gasteiger partial charge is 0.496 e. The fourth-order valence-electron chi connectivity index (χ4n) is 1.66. The molecular weight excluding hydrogens is 258 g/mol. The number of rotatable bonds is 8. The quantitative estimate of drug-likeness (QED) is 0.743. The zero-order valence-electron chi connectivity index (χ0n) is 11.9. The summed E-state index contributed by atoms with van der Waals surface area (Å²) in [6.07, 6.45) is 2.33. The molecule has 1 unspecified atom stereocenters. The molecule has 106 valence electrons. The van der Waals surface area contributed by atoms with E-state index in [9.17, 15) is 4.79 Å². The highest BCUT2D eigenvalue weighted by molar-refractivity contribution is 8.00. The van der Waals surface area contributed by atoms with Crippen molar-refractivity contribution in [2.75, 3.05) is 12.9 Å². The fraction of sp³-hybridized carbons (Fsp3) is 0.533. The molecule has 0 spiro atoms. The molecule has 1 amide bonds. The van der Waals surface area contributed by atoms with Gasteiger partial charge in [-0.25, -0.2) is 0 Å². The summed E-state index contributed by atoms with van der Waals surface area (Å²) >= 11 is 1.71. The first kappa shape index (κ1) is 15.9. The van der Waals surface area contributed by atoms with E-state index in [1.807, 2.05) is 31.2 Å². The highest BCUT2D eigenvalue weighted by Gasteiger charge is 2.13. The number of nitrogens with one attached hydrogen (secondary N) is 1. The van der Waals surface area contributed by atoms with Gasteiger partial charge in [0, 0.05) is 12.1 Å². The average Bonchev–Trinajstić information content (AvgIpc) is 2.45. The van der Waals surface area contributed by atoms with Crippen molar-refractivity contribution < 1.29 is 9.53 Å². The average molecular weight is 281 g/mol. The van der Waals surface area contributed by atoms with Crippen molar-refractivity contribution in [2.45, 2.75) is 38.5 Å². The molecule has 0 aliphatic rings. The first-order chi connectivity index (χ1) is 9.19. The number of carbonyl (C=O) groups is 1. The Morgan fingerprint density at radius 1 is 1.42 bits per heavy atom. The number of methoxy groups -OCH3 is 1. The SMILES string of the molecule is CCCCSC(C)C(=O)NCc1ccccc1OC. The lowest BCUT2D eigenvalue weighted by Crippen LogP contribution is -2.30. The van der Waals surface area contributed by atoms with Crippen LogP contribution in [0.4, 0.5) is 0 Å². The van der Waals surface area contributed by atoms with Crippen molar-refractivity contribution in [1.29, 1.82) is 0 Å². The molecule has 0 heterocycles. The zero-order valence-corrected chi connectivity index (χ0v) is 12.8. The van der Waals surface area contributed by atoms with Crippen molar-refractivity contribution in [3.8, 4) is 5.75 Å². The Bertz CT molecular complexity index is 395. The number of thioether (sulfide) groups is 1. The Kier molecular flexibility index (Phi) is 7.41. The minimum Gasteiger partial charge on any atom is -0.496 e. The van der Waals surface area contributed by atoms with E-state index in [1.54, 1.807) is 18.9 Å². The Labute approximate surface area is 120 Å². The van der Waals surface area contributed by atoms with Crippen molar-refractivity contribution in [1.82, 2.24) is 5.32 Å². The molecule has 4 heteroatoms. The molecule has 1 aromatic carbocycles. The maximum absolute atomic E-state index is 11.9. The monoisotopic (exact) mass is 281 g/mol. The van der Waals surface area contributed by atoms with E-state index >= 15 is 0 Å². The summed E-state index contributed by atoms with van der Waals surface area (Å²) in [6.45, 7) is 4.63. The standard InChI is InChI=1S/C15H23NO2S/c1-4-5-10-19-12(2)15(17)16-11-13-8-6-7-9-14(13)18-3/h6-9,12H,4-5,10-11H2,1-3H3,(H,16,17). The molecule has 0 aliphatic carbocycles. The Balaban J connectivity index is 2.40. The molecule has 0 aromatic heterocycles. The van der Waals surface area contributed by atoms with Gasteiger partial charge in [-0.05, 0) is 25.2 Å². The molecule has 0 radical (unpaired) electrons. The van der Waals surface area contributed by atoms with Crippen molar-refractivity contribution >= 4 is 17.7 Å². The molecule has 1 aromatic rings. The summed E-state index contributed by atoms with van der Waals surface area (Å²) in [5.41, 5.74) is 1.00. The van der Waals surface area contributed by atoms with Crippen molar-refractivity contribution in [3.63, 3.8) is 0 Å². The molecule has 0 fully saturated rings. The van der Waals surface area contributed by atoms with Gasteiger partial charge >= 0.3 is 0 Å². The van der Waals surface area contributed by atoms with Crippen LogP contribution in [0, 0.1) is 0 Å². The lowest BCUT2D eigenvalue weighted by molar-refractivity contribution is -0.120. The highest BCUT2D eigenvalue weighted by atomic mass is 32.2. The van der Waals surface area contributed by atoms with Crippen LogP contribution in [-0.4, -0.2) is 24.0 Å². The van der Waals surface area contributed by atoms with Crippen LogP contribution in [0.2, 0.25) is 0 Å². The second-order valence-electron chi connectivity index (χ2n) is 4.40. The summed E-state index contributed by atoms with van der Waals surface area (Å²) in [5, 5.41) is 2.96. The van der Waals surface area contributed by atoms with Gasteiger partial charge in [-0.2, -0.15) is 0 Å². The Morgan fingerprint density at radius 2 is 2.16 bits per heavy atom. The topological polar surface area (TPSA) is 38.3 Å². The van der Waals surface area contributed by atoms with Crippen LogP contribution in [0.3, 0.4) is 0 Å². The minimum absolute atomic E-state index is 0.00116. The molecule has 1 atom stereocenters. The maximum Gasteiger partial charge on any atom is 0.233 e. The summed E-state index contributed by atoms with van der Waals surface area (Å²) in [4.78, 5) is 11.9. The molecule has 0 aliphatic heterocycles. The van der Waals surface area contributed by atoms with Crippen LogP contribution in [0.1, 0.15) is 32.3 Å². The summed E-state index contributed by atoms with van der Waals surface area (Å²) in [7, 11) is 1.64. The lowest BCUT2D eigenvalue weighted by Gasteiger charge is -2.13. The van der Waals surface area contributed by atoms with Crippen LogP contribution in [0.15, 0.2) is 24.3 Å². The highest BCUT2D eigenvalue weighted by Crippen LogP contribution is 2.17. The predicted molar refractivity (Wildman–Crippen MR) is 81.7 cm³/mol. The Morgan fingerprint density at radius 3 is 2.84 bits per heavy atom. The van der Waals surface area contributed by atoms with Gasteiger partial charge in [-0.1, -0.05) is 31.5 Å². The van der Waals surface area contributed by atoms with Gasteiger partial charge in [0.2, 0.25) is 5.91 Å². The van der Waals surface area contributed by atoms with Gasteiger partial charge < -0.3 is 10.1 Å². The number of carbonyl (C=O) groups excluding carboxylic acids is 1. The third-order valence-electron chi connectivity index (χ3n) is 2.88. The van der Waals surface area contributed by atoms with Gasteiger partial charge in [0.15, 0.2) is 0 Å². The van der Waals surface area contributed by atoms with E-state index < -0.39 is 0 Å². The smallest absolute Gasteiger partial charge is 0.233 e. The van der Waals surface area contributed by atoms with Crippen LogP contribution in [0.25, 0.3) is 0 Å². The van der Waals surface area contributed by atoms with E-state index in [1.165, 1.54) is 6.42 Å². The molecule has 0 bridgehead atoms. The third-order valence-corrected chi connectivity index (χ3v) is 4.12. The van der Waals surface area contributed by atoms with Crippen LogP contribution < -0.4 is 10.1 Å². The molecule has 3 nitrogen and oxygen atoms in total. The number of ether oxygens (including phenoxy) is 1. The molecule has 19 heavy (non-hydrogen) atoms. The number of benzene rings is 1. The van der Waals surface area contributed by atoms with Crippen molar-refractivity contribution in [3.05, 3.63) is 29.8 Å². The second kappa shape index (κ2) is 8.86. The van der Waals surface area contributed by atoms with Gasteiger partial charge in [-0.15, -0.1) is 11.8 Å². The van der Waals surface area contributed by atoms with Crippen LogP contribution >= 0.6 is 11.8 Å². The molecule has 0 saturated heterocycles. The van der Waals surface area contributed by atoms with E-state index in [2.05, 4.69) is 12.2 Å².